The number of amides is 1. The van der Waals surface area contributed by atoms with Gasteiger partial charge in [0.15, 0.2) is 6.10 Å². The fourth-order valence-electron chi connectivity index (χ4n) is 2.42. The quantitative estimate of drug-likeness (QED) is 0.727. The number of hydrogen-bond acceptors (Lipinski definition) is 5. The maximum atomic E-state index is 12.3. The first-order valence-corrected chi connectivity index (χ1v) is 8.69. The van der Waals surface area contributed by atoms with E-state index >= 15 is 0 Å². The zero-order valence-electron chi connectivity index (χ0n) is 15.7. The monoisotopic (exact) mass is 391 g/mol. The molecule has 0 aliphatic carbocycles. The van der Waals surface area contributed by atoms with Crippen molar-refractivity contribution < 1.29 is 23.8 Å². The summed E-state index contributed by atoms with van der Waals surface area (Å²) in [5.41, 5.74) is 1.96. The summed E-state index contributed by atoms with van der Waals surface area (Å²) in [5.74, 6) is 0.158. The summed E-state index contributed by atoms with van der Waals surface area (Å²) in [5, 5.41) is 3.26. The van der Waals surface area contributed by atoms with Gasteiger partial charge in [0, 0.05) is 22.3 Å². The fraction of sp³-hybridized carbons (Fsp3) is 0.300. The van der Waals surface area contributed by atoms with E-state index in [2.05, 4.69) is 5.32 Å². The fourth-order valence-corrected chi connectivity index (χ4v) is 2.60. The van der Waals surface area contributed by atoms with E-state index < -0.39 is 18.0 Å². The van der Waals surface area contributed by atoms with Crippen molar-refractivity contribution in [3.05, 3.63) is 52.5 Å². The minimum atomic E-state index is -0.958. The van der Waals surface area contributed by atoms with Crippen LogP contribution in [0, 0.1) is 6.92 Å². The lowest BCUT2D eigenvalue weighted by Gasteiger charge is -2.16. The molecule has 0 bridgehead atoms. The predicted molar refractivity (Wildman–Crippen MR) is 104 cm³/mol. The second-order valence-electron chi connectivity index (χ2n) is 5.89. The van der Waals surface area contributed by atoms with Crippen LogP contribution in [0.5, 0.6) is 11.5 Å². The smallest absolute Gasteiger partial charge is 0.311 e. The number of nitrogens with one attached hydrogen (secondary N) is 1. The molecular formula is C20H22ClNO5. The standard InChI is InChI=1S/C20H22ClNO5/c1-12-16(21)6-5-7-17(12)22-20(24)13(2)27-19(23)10-14-8-9-15(25-3)11-18(14)26-4/h5-9,11,13H,10H2,1-4H3,(H,22,24)/t13-/m1/s1. The summed E-state index contributed by atoms with van der Waals surface area (Å²) in [6, 6.07) is 10.3. The maximum Gasteiger partial charge on any atom is 0.311 e. The number of carbonyl (C=O) groups is 2. The van der Waals surface area contributed by atoms with E-state index in [1.54, 1.807) is 50.4 Å². The summed E-state index contributed by atoms with van der Waals surface area (Å²) >= 11 is 6.04. The van der Waals surface area contributed by atoms with E-state index in [0.717, 1.165) is 5.56 Å². The van der Waals surface area contributed by atoms with Crippen molar-refractivity contribution in [2.45, 2.75) is 26.4 Å². The largest absolute Gasteiger partial charge is 0.497 e. The summed E-state index contributed by atoms with van der Waals surface area (Å²) in [7, 11) is 3.05. The molecule has 0 heterocycles. The number of rotatable bonds is 7. The normalized spacial score (nSPS) is 11.4. The molecule has 0 spiro atoms. The highest BCUT2D eigenvalue weighted by molar-refractivity contribution is 6.31. The van der Waals surface area contributed by atoms with E-state index in [4.69, 9.17) is 25.8 Å². The summed E-state index contributed by atoms with van der Waals surface area (Å²) in [6.45, 7) is 3.31. The Balaban J connectivity index is 1.99. The van der Waals surface area contributed by atoms with Gasteiger partial charge in [-0.2, -0.15) is 0 Å². The van der Waals surface area contributed by atoms with Gasteiger partial charge in [0.2, 0.25) is 0 Å². The Hall–Kier alpha value is -2.73. The van der Waals surface area contributed by atoms with Crippen LogP contribution in [0.3, 0.4) is 0 Å². The molecule has 7 heteroatoms. The van der Waals surface area contributed by atoms with Crippen LogP contribution >= 0.6 is 11.6 Å². The highest BCUT2D eigenvalue weighted by Gasteiger charge is 2.20. The minimum Gasteiger partial charge on any atom is -0.497 e. The van der Waals surface area contributed by atoms with Crippen LogP contribution in [0.25, 0.3) is 0 Å². The van der Waals surface area contributed by atoms with Gasteiger partial charge >= 0.3 is 5.97 Å². The Morgan fingerprint density at radius 2 is 1.89 bits per heavy atom. The molecule has 0 unspecified atom stereocenters. The molecular weight excluding hydrogens is 370 g/mol. The van der Waals surface area contributed by atoms with E-state index in [1.165, 1.54) is 14.0 Å². The van der Waals surface area contributed by atoms with Gasteiger partial charge in [0.1, 0.15) is 11.5 Å². The third-order valence-electron chi connectivity index (χ3n) is 4.03. The Morgan fingerprint density at radius 1 is 1.15 bits per heavy atom. The van der Waals surface area contributed by atoms with Crippen LogP contribution in [-0.2, 0) is 20.7 Å². The maximum absolute atomic E-state index is 12.3. The van der Waals surface area contributed by atoms with Gasteiger partial charge < -0.3 is 19.5 Å². The molecule has 1 N–H and O–H groups in total. The molecule has 2 aromatic rings. The van der Waals surface area contributed by atoms with Crippen LogP contribution in [0.4, 0.5) is 5.69 Å². The topological polar surface area (TPSA) is 73.9 Å². The Bertz CT molecular complexity index is 837. The first-order chi connectivity index (χ1) is 12.8. The molecule has 144 valence electrons. The Morgan fingerprint density at radius 3 is 2.56 bits per heavy atom. The number of esters is 1. The Kier molecular flexibility index (Phi) is 7.07. The van der Waals surface area contributed by atoms with Gasteiger partial charge in [-0.25, -0.2) is 0 Å². The molecule has 2 rings (SSSR count). The van der Waals surface area contributed by atoms with Crippen LogP contribution in [-0.4, -0.2) is 32.2 Å². The van der Waals surface area contributed by atoms with Crippen LogP contribution in [0.15, 0.2) is 36.4 Å². The molecule has 0 aliphatic heterocycles. The average molecular weight is 392 g/mol. The molecule has 0 radical (unpaired) electrons. The predicted octanol–water partition coefficient (Wildman–Crippen LogP) is 3.78. The van der Waals surface area contributed by atoms with E-state index in [1.807, 2.05) is 0 Å². The summed E-state index contributed by atoms with van der Waals surface area (Å²) in [6.07, 6.45) is -0.985. The Labute approximate surface area is 163 Å². The van der Waals surface area contributed by atoms with Crippen LogP contribution in [0.2, 0.25) is 5.02 Å². The van der Waals surface area contributed by atoms with Crippen LogP contribution < -0.4 is 14.8 Å². The third kappa shape index (κ3) is 5.37. The number of hydrogen-bond donors (Lipinski definition) is 1. The van der Waals surface area contributed by atoms with Crippen molar-refractivity contribution in [2.24, 2.45) is 0 Å². The van der Waals surface area contributed by atoms with Gasteiger partial charge in [0.25, 0.3) is 5.91 Å². The zero-order valence-corrected chi connectivity index (χ0v) is 16.4. The molecule has 1 atom stereocenters. The van der Waals surface area contributed by atoms with Gasteiger partial charge in [-0.3, -0.25) is 9.59 Å². The second kappa shape index (κ2) is 9.28. The first-order valence-electron chi connectivity index (χ1n) is 8.32. The number of anilines is 1. The van der Waals surface area contributed by atoms with E-state index in [9.17, 15) is 9.59 Å². The van der Waals surface area contributed by atoms with E-state index in [0.29, 0.717) is 27.8 Å². The van der Waals surface area contributed by atoms with Crippen LogP contribution in [0.1, 0.15) is 18.1 Å². The number of halogens is 1. The lowest BCUT2D eigenvalue weighted by atomic mass is 10.1. The number of carbonyl (C=O) groups excluding carboxylic acids is 2. The molecule has 6 nitrogen and oxygen atoms in total. The first kappa shape index (κ1) is 20.6. The highest BCUT2D eigenvalue weighted by atomic mass is 35.5. The summed E-state index contributed by atoms with van der Waals surface area (Å²) in [4.78, 5) is 24.5. The van der Waals surface area contributed by atoms with Crippen molar-refractivity contribution in [2.75, 3.05) is 19.5 Å². The molecule has 0 aliphatic rings. The van der Waals surface area contributed by atoms with Crippen molar-refractivity contribution in [1.82, 2.24) is 0 Å². The van der Waals surface area contributed by atoms with Crippen molar-refractivity contribution >= 4 is 29.2 Å². The van der Waals surface area contributed by atoms with Crippen molar-refractivity contribution in [3.63, 3.8) is 0 Å². The number of methoxy groups -OCH3 is 2. The number of ether oxygens (including phenoxy) is 3. The molecule has 1 amide bonds. The minimum absolute atomic E-state index is 0.0268. The van der Waals surface area contributed by atoms with Gasteiger partial charge in [-0.15, -0.1) is 0 Å². The molecule has 0 fully saturated rings. The van der Waals surface area contributed by atoms with Crippen molar-refractivity contribution in [1.29, 1.82) is 0 Å². The van der Waals surface area contributed by atoms with Gasteiger partial charge in [0.05, 0.1) is 20.6 Å². The third-order valence-corrected chi connectivity index (χ3v) is 4.44. The molecule has 0 saturated heterocycles. The van der Waals surface area contributed by atoms with Gasteiger partial charge in [-0.1, -0.05) is 23.7 Å². The zero-order chi connectivity index (χ0) is 20.0. The van der Waals surface area contributed by atoms with Gasteiger partial charge in [-0.05, 0) is 37.6 Å². The average Bonchev–Trinajstić information content (AvgIpc) is 2.65. The van der Waals surface area contributed by atoms with E-state index in [-0.39, 0.29) is 6.42 Å². The lowest BCUT2D eigenvalue weighted by molar-refractivity contribution is -0.152. The molecule has 0 aromatic heterocycles. The summed E-state index contributed by atoms with van der Waals surface area (Å²) < 4.78 is 15.6. The SMILES string of the molecule is COc1ccc(CC(=O)O[C@H](C)C(=O)Nc2cccc(Cl)c2C)c(OC)c1. The second-order valence-corrected chi connectivity index (χ2v) is 6.30. The number of benzene rings is 2. The molecule has 0 saturated carbocycles. The van der Waals surface area contributed by atoms with Crippen molar-refractivity contribution in [3.8, 4) is 11.5 Å². The molecule has 2 aromatic carbocycles. The molecule has 27 heavy (non-hydrogen) atoms. The lowest BCUT2D eigenvalue weighted by Crippen LogP contribution is -2.30. The highest BCUT2D eigenvalue weighted by Crippen LogP contribution is 2.26.